The molecule has 0 spiro atoms. The zero-order chi connectivity index (χ0) is 12.1. The van der Waals surface area contributed by atoms with E-state index in [-0.39, 0.29) is 0 Å². The molecule has 2 N–H and O–H groups in total. The highest BCUT2D eigenvalue weighted by Crippen LogP contribution is 2.20. The first kappa shape index (κ1) is 12.3. The first-order valence-electron chi connectivity index (χ1n) is 5.69. The molecule has 0 fully saturated rings. The molecule has 17 heavy (non-hydrogen) atoms. The summed E-state index contributed by atoms with van der Waals surface area (Å²) in [5.41, 5.74) is 1.99. The summed E-state index contributed by atoms with van der Waals surface area (Å²) >= 11 is 1.65. The van der Waals surface area contributed by atoms with E-state index in [1.54, 1.807) is 11.3 Å². The largest absolute Gasteiger partial charge is 0.390 e. The summed E-state index contributed by atoms with van der Waals surface area (Å²) in [5, 5.41) is 24.0. The van der Waals surface area contributed by atoms with Crippen LogP contribution in [0.25, 0.3) is 0 Å². The third kappa shape index (κ3) is 3.40. The number of aryl methyl sites for hydroxylation is 1. The van der Waals surface area contributed by atoms with Crippen LogP contribution >= 0.6 is 11.3 Å². The smallest absolute Gasteiger partial charge is 0.105 e. The molecule has 2 rings (SSSR count). The number of rotatable bonds is 5. The van der Waals surface area contributed by atoms with E-state index in [1.807, 2.05) is 41.8 Å². The summed E-state index contributed by atoms with van der Waals surface area (Å²) in [5.74, 6) is 0. The van der Waals surface area contributed by atoms with Crippen LogP contribution in [0.5, 0.6) is 0 Å². The molecule has 0 bridgehead atoms. The molecule has 0 saturated carbocycles. The van der Waals surface area contributed by atoms with Crippen molar-refractivity contribution in [2.75, 3.05) is 0 Å². The van der Waals surface area contributed by atoms with Crippen LogP contribution in [0.4, 0.5) is 0 Å². The lowest BCUT2D eigenvalue weighted by molar-refractivity contribution is 0.0137. The maximum absolute atomic E-state index is 9.97. The Balaban J connectivity index is 1.89. The van der Waals surface area contributed by atoms with Gasteiger partial charge in [-0.1, -0.05) is 30.3 Å². The molecule has 0 saturated heterocycles. The molecule has 2 aromatic rings. The Morgan fingerprint density at radius 1 is 1.06 bits per heavy atom. The standard InChI is InChI=1S/C14H16O2S/c15-13(7-6-11-8-9-17-10-11)14(16)12-4-2-1-3-5-12/h1-5,8-10,13-16H,6-7H2. The fraction of sp³-hybridized carbons (Fsp3) is 0.286. The van der Waals surface area contributed by atoms with Crippen molar-refractivity contribution in [2.24, 2.45) is 0 Å². The van der Waals surface area contributed by atoms with Crippen molar-refractivity contribution in [1.29, 1.82) is 0 Å². The molecule has 0 aliphatic rings. The first-order chi connectivity index (χ1) is 8.27. The molecule has 1 heterocycles. The zero-order valence-corrected chi connectivity index (χ0v) is 10.3. The third-order valence-corrected chi connectivity index (χ3v) is 3.55. The van der Waals surface area contributed by atoms with E-state index in [1.165, 1.54) is 5.56 Å². The molecule has 2 nitrogen and oxygen atoms in total. The molecule has 90 valence electrons. The average Bonchev–Trinajstić information content (AvgIpc) is 2.89. The van der Waals surface area contributed by atoms with Gasteiger partial charge in [0.05, 0.1) is 6.10 Å². The minimum atomic E-state index is -0.796. The maximum Gasteiger partial charge on any atom is 0.105 e. The fourth-order valence-electron chi connectivity index (χ4n) is 1.78. The minimum absolute atomic E-state index is 0.576. The Morgan fingerprint density at radius 2 is 1.82 bits per heavy atom. The van der Waals surface area contributed by atoms with E-state index >= 15 is 0 Å². The van der Waals surface area contributed by atoms with Gasteiger partial charge in [0.15, 0.2) is 0 Å². The molecule has 0 amide bonds. The number of hydrogen-bond acceptors (Lipinski definition) is 3. The molecule has 0 aliphatic carbocycles. The van der Waals surface area contributed by atoms with Crippen molar-refractivity contribution in [3.05, 3.63) is 58.3 Å². The lowest BCUT2D eigenvalue weighted by Crippen LogP contribution is -2.18. The number of aliphatic hydroxyl groups is 2. The van der Waals surface area contributed by atoms with Crippen molar-refractivity contribution >= 4 is 11.3 Å². The van der Waals surface area contributed by atoms with Crippen LogP contribution in [-0.2, 0) is 6.42 Å². The summed E-state index contributed by atoms with van der Waals surface area (Å²) in [4.78, 5) is 0. The van der Waals surface area contributed by atoms with Gasteiger partial charge in [0, 0.05) is 0 Å². The molecular weight excluding hydrogens is 232 g/mol. The monoisotopic (exact) mass is 248 g/mol. The highest BCUT2D eigenvalue weighted by atomic mass is 32.1. The van der Waals surface area contributed by atoms with Gasteiger partial charge in [-0.05, 0) is 40.8 Å². The number of aliphatic hydroxyl groups excluding tert-OH is 2. The molecule has 2 atom stereocenters. The van der Waals surface area contributed by atoms with Crippen LogP contribution in [0.2, 0.25) is 0 Å². The van der Waals surface area contributed by atoms with Crippen molar-refractivity contribution in [1.82, 2.24) is 0 Å². The molecule has 0 radical (unpaired) electrons. The Bertz CT molecular complexity index is 425. The van der Waals surface area contributed by atoms with Crippen LogP contribution < -0.4 is 0 Å². The third-order valence-electron chi connectivity index (χ3n) is 2.81. The summed E-state index contributed by atoms with van der Waals surface area (Å²) in [7, 11) is 0. The SMILES string of the molecule is OC(CCc1ccsc1)C(O)c1ccccc1. The van der Waals surface area contributed by atoms with Gasteiger partial charge >= 0.3 is 0 Å². The van der Waals surface area contributed by atoms with E-state index < -0.39 is 12.2 Å². The Kier molecular flexibility index (Phi) is 4.31. The van der Waals surface area contributed by atoms with Gasteiger partial charge in [-0.2, -0.15) is 11.3 Å². The highest BCUT2D eigenvalue weighted by molar-refractivity contribution is 7.07. The Hall–Kier alpha value is -1.16. The van der Waals surface area contributed by atoms with Crippen molar-refractivity contribution in [3.8, 4) is 0 Å². The van der Waals surface area contributed by atoms with Crippen LogP contribution in [0.15, 0.2) is 47.2 Å². The first-order valence-corrected chi connectivity index (χ1v) is 6.64. The van der Waals surface area contributed by atoms with Crippen LogP contribution in [0, 0.1) is 0 Å². The predicted molar refractivity (Wildman–Crippen MR) is 70.0 cm³/mol. The van der Waals surface area contributed by atoms with Crippen LogP contribution in [-0.4, -0.2) is 16.3 Å². The molecule has 1 aromatic carbocycles. The van der Waals surface area contributed by atoms with Crippen molar-refractivity contribution in [3.63, 3.8) is 0 Å². The van der Waals surface area contributed by atoms with Gasteiger partial charge in [0.2, 0.25) is 0 Å². The minimum Gasteiger partial charge on any atom is -0.390 e. The van der Waals surface area contributed by atoms with E-state index in [0.29, 0.717) is 6.42 Å². The van der Waals surface area contributed by atoms with Crippen molar-refractivity contribution < 1.29 is 10.2 Å². The second-order valence-electron chi connectivity index (χ2n) is 4.09. The Morgan fingerprint density at radius 3 is 2.47 bits per heavy atom. The van der Waals surface area contributed by atoms with E-state index in [0.717, 1.165) is 12.0 Å². The lowest BCUT2D eigenvalue weighted by atomic mass is 10.00. The van der Waals surface area contributed by atoms with Gasteiger partial charge in [-0.25, -0.2) is 0 Å². The summed E-state index contributed by atoms with van der Waals surface area (Å²) in [6.07, 6.45) is -0.131. The second kappa shape index (κ2) is 5.96. The average molecular weight is 248 g/mol. The fourth-order valence-corrected chi connectivity index (χ4v) is 2.48. The van der Waals surface area contributed by atoms with E-state index in [4.69, 9.17) is 0 Å². The molecule has 1 aromatic heterocycles. The highest BCUT2D eigenvalue weighted by Gasteiger charge is 2.17. The second-order valence-corrected chi connectivity index (χ2v) is 4.87. The Labute approximate surface area is 105 Å². The zero-order valence-electron chi connectivity index (χ0n) is 9.49. The number of benzene rings is 1. The molecule has 3 heteroatoms. The number of hydrogen-bond donors (Lipinski definition) is 2. The topological polar surface area (TPSA) is 40.5 Å². The molecule has 0 aliphatic heterocycles. The number of thiophene rings is 1. The summed E-state index contributed by atoms with van der Waals surface area (Å²) < 4.78 is 0. The van der Waals surface area contributed by atoms with Gasteiger partial charge in [0.25, 0.3) is 0 Å². The quantitative estimate of drug-likeness (QED) is 0.854. The lowest BCUT2D eigenvalue weighted by Gasteiger charge is -2.17. The van der Waals surface area contributed by atoms with Crippen LogP contribution in [0.3, 0.4) is 0 Å². The van der Waals surface area contributed by atoms with Gasteiger partial charge in [0.1, 0.15) is 6.10 Å². The summed E-state index contributed by atoms with van der Waals surface area (Å²) in [6, 6.07) is 11.3. The summed E-state index contributed by atoms with van der Waals surface area (Å²) in [6.45, 7) is 0. The van der Waals surface area contributed by atoms with E-state index in [2.05, 4.69) is 5.38 Å². The normalized spacial score (nSPS) is 14.5. The predicted octanol–water partition coefficient (Wildman–Crippen LogP) is 2.78. The van der Waals surface area contributed by atoms with Crippen molar-refractivity contribution in [2.45, 2.75) is 25.0 Å². The van der Waals surface area contributed by atoms with Gasteiger partial charge < -0.3 is 10.2 Å². The maximum atomic E-state index is 9.97. The van der Waals surface area contributed by atoms with E-state index in [9.17, 15) is 10.2 Å². The molecular formula is C14H16O2S. The van der Waals surface area contributed by atoms with Crippen LogP contribution in [0.1, 0.15) is 23.7 Å². The van der Waals surface area contributed by atoms with Gasteiger partial charge in [-0.15, -0.1) is 0 Å². The van der Waals surface area contributed by atoms with Gasteiger partial charge in [-0.3, -0.25) is 0 Å². The molecule has 2 unspecified atom stereocenters.